The molecule has 1 saturated carbocycles. The predicted molar refractivity (Wildman–Crippen MR) is 94.0 cm³/mol. The first-order valence-corrected chi connectivity index (χ1v) is 8.60. The first-order valence-electron chi connectivity index (χ1n) is 8.60. The molecule has 0 bridgehead atoms. The van der Waals surface area contributed by atoms with E-state index in [1.807, 2.05) is 0 Å². The van der Waals surface area contributed by atoms with Crippen LogP contribution in [-0.2, 0) is 4.74 Å². The first kappa shape index (κ1) is 17.6. The van der Waals surface area contributed by atoms with E-state index in [1.165, 1.54) is 24.1 Å². The fourth-order valence-corrected chi connectivity index (χ4v) is 2.43. The third kappa shape index (κ3) is 6.91. The summed E-state index contributed by atoms with van der Waals surface area (Å²) in [6, 6.07) is 8.30. The molecule has 1 aromatic rings. The zero-order chi connectivity index (χ0) is 16.5. The summed E-state index contributed by atoms with van der Waals surface area (Å²) in [4.78, 5) is 14.0. The lowest BCUT2D eigenvalue weighted by Crippen LogP contribution is -2.41. The Morgan fingerprint density at radius 3 is 2.78 bits per heavy atom. The number of amides is 2. The highest BCUT2D eigenvalue weighted by molar-refractivity contribution is 5.73. The minimum atomic E-state index is -0.125. The number of nitrogens with one attached hydrogen (secondary N) is 2. The lowest BCUT2D eigenvalue weighted by molar-refractivity contribution is 0.127. The van der Waals surface area contributed by atoms with Crippen molar-refractivity contribution < 1.29 is 9.53 Å². The van der Waals surface area contributed by atoms with Gasteiger partial charge in [-0.2, -0.15) is 0 Å². The van der Waals surface area contributed by atoms with Gasteiger partial charge in [-0.3, -0.25) is 0 Å². The maximum atomic E-state index is 11.7. The number of nitrogens with zero attached hydrogens (tertiary/aromatic N) is 1. The van der Waals surface area contributed by atoms with Gasteiger partial charge in [0.1, 0.15) is 0 Å². The van der Waals surface area contributed by atoms with Crippen LogP contribution in [0.4, 0.5) is 10.5 Å². The van der Waals surface area contributed by atoms with Gasteiger partial charge in [-0.25, -0.2) is 4.79 Å². The van der Waals surface area contributed by atoms with Crippen molar-refractivity contribution in [3.05, 3.63) is 29.8 Å². The van der Waals surface area contributed by atoms with Crippen LogP contribution in [0.25, 0.3) is 0 Å². The number of rotatable bonds is 10. The number of likely N-dealkylation sites (N-methyl/N-ethyl adjacent to an activating group) is 1. The van der Waals surface area contributed by atoms with Crippen molar-refractivity contribution in [1.82, 2.24) is 10.6 Å². The molecule has 0 saturated heterocycles. The smallest absolute Gasteiger partial charge is 0.314 e. The van der Waals surface area contributed by atoms with Crippen molar-refractivity contribution in [3.63, 3.8) is 0 Å². The van der Waals surface area contributed by atoms with Crippen LogP contribution in [0, 0.1) is 12.8 Å². The molecule has 5 nitrogen and oxygen atoms in total. The third-order valence-electron chi connectivity index (χ3n) is 4.00. The lowest BCUT2D eigenvalue weighted by Gasteiger charge is -2.23. The molecule has 1 aliphatic rings. The Hall–Kier alpha value is -1.75. The molecule has 0 aromatic heterocycles. The summed E-state index contributed by atoms with van der Waals surface area (Å²) in [5.41, 5.74) is 2.45. The lowest BCUT2D eigenvalue weighted by atomic mass is 10.2. The molecule has 0 atom stereocenters. The van der Waals surface area contributed by atoms with E-state index in [-0.39, 0.29) is 6.03 Å². The van der Waals surface area contributed by atoms with Crippen LogP contribution in [0.2, 0.25) is 0 Å². The van der Waals surface area contributed by atoms with Crippen molar-refractivity contribution in [1.29, 1.82) is 0 Å². The molecule has 0 radical (unpaired) electrons. The standard InChI is InChI=1S/C18H29N3O2/c1-3-21(17-6-4-5-15(2)13-17)11-9-19-18(22)20-10-12-23-14-16-7-8-16/h4-6,13,16H,3,7-12,14H2,1-2H3,(H2,19,20,22). The third-order valence-corrected chi connectivity index (χ3v) is 4.00. The second kappa shape index (κ2) is 9.40. The monoisotopic (exact) mass is 319 g/mol. The van der Waals surface area contributed by atoms with E-state index in [9.17, 15) is 4.79 Å². The molecule has 2 amide bonds. The fourth-order valence-electron chi connectivity index (χ4n) is 2.43. The number of urea groups is 1. The van der Waals surface area contributed by atoms with Gasteiger partial charge in [0.15, 0.2) is 0 Å². The summed E-state index contributed by atoms with van der Waals surface area (Å²) in [5.74, 6) is 0.769. The molecule has 2 rings (SSSR count). The Bertz CT molecular complexity index is 489. The minimum Gasteiger partial charge on any atom is -0.379 e. The highest BCUT2D eigenvalue weighted by Gasteiger charge is 2.20. The van der Waals surface area contributed by atoms with E-state index in [2.05, 4.69) is 53.6 Å². The van der Waals surface area contributed by atoms with Crippen LogP contribution in [0.1, 0.15) is 25.3 Å². The molecule has 1 fully saturated rings. The van der Waals surface area contributed by atoms with E-state index >= 15 is 0 Å². The molecular formula is C18H29N3O2. The predicted octanol–water partition coefficient (Wildman–Crippen LogP) is 2.55. The van der Waals surface area contributed by atoms with Gasteiger partial charge >= 0.3 is 6.03 Å². The second-order valence-corrected chi connectivity index (χ2v) is 6.12. The summed E-state index contributed by atoms with van der Waals surface area (Å²) >= 11 is 0. The van der Waals surface area contributed by atoms with E-state index in [0.29, 0.717) is 19.7 Å². The number of ether oxygens (including phenoxy) is 1. The van der Waals surface area contributed by atoms with E-state index in [4.69, 9.17) is 4.74 Å². The fraction of sp³-hybridized carbons (Fsp3) is 0.611. The zero-order valence-electron chi connectivity index (χ0n) is 14.3. The van der Waals surface area contributed by atoms with Crippen LogP contribution >= 0.6 is 0 Å². The van der Waals surface area contributed by atoms with Gasteiger partial charge in [0, 0.05) is 38.5 Å². The second-order valence-electron chi connectivity index (χ2n) is 6.12. The zero-order valence-corrected chi connectivity index (χ0v) is 14.3. The Morgan fingerprint density at radius 2 is 2.09 bits per heavy atom. The topological polar surface area (TPSA) is 53.6 Å². The minimum absolute atomic E-state index is 0.125. The SMILES string of the molecule is CCN(CCNC(=O)NCCOCC1CC1)c1cccc(C)c1. The molecule has 0 aliphatic heterocycles. The molecule has 2 N–H and O–H groups in total. The molecule has 1 aromatic carbocycles. The molecule has 0 heterocycles. The van der Waals surface area contributed by atoms with E-state index in [0.717, 1.165) is 25.6 Å². The Morgan fingerprint density at radius 1 is 1.30 bits per heavy atom. The van der Waals surface area contributed by atoms with Gasteiger partial charge in [0.25, 0.3) is 0 Å². The Kier molecular flexibility index (Phi) is 7.20. The maximum absolute atomic E-state index is 11.7. The van der Waals surface area contributed by atoms with E-state index < -0.39 is 0 Å². The van der Waals surface area contributed by atoms with Gasteiger partial charge in [-0.05, 0) is 50.3 Å². The molecule has 0 unspecified atom stereocenters. The molecule has 23 heavy (non-hydrogen) atoms. The highest BCUT2D eigenvalue weighted by Crippen LogP contribution is 2.28. The first-order chi connectivity index (χ1) is 11.2. The average molecular weight is 319 g/mol. The molecule has 128 valence electrons. The molecule has 0 spiro atoms. The number of anilines is 1. The molecular weight excluding hydrogens is 290 g/mol. The maximum Gasteiger partial charge on any atom is 0.314 e. The van der Waals surface area contributed by atoms with Crippen molar-refractivity contribution in [2.45, 2.75) is 26.7 Å². The van der Waals surface area contributed by atoms with Crippen LogP contribution in [-0.4, -0.2) is 45.4 Å². The summed E-state index contributed by atoms with van der Waals surface area (Å²) in [6.45, 7) is 8.55. The number of benzene rings is 1. The van der Waals surface area contributed by atoms with Crippen LogP contribution in [0.3, 0.4) is 0 Å². The number of hydrogen-bond acceptors (Lipinski definition) is 3. The van der Waals surface area contributed by atoms with Crippen LogP contribution in [0.5, 0.6) is 0 Å². The van der Waals surface area contributed by atoms with Gasteiger partial charge < -0.3 is 20.3 Å². The van der Waals surface area contributed by atoms with Crippen molar-refractivity contribution in [2.24, 2.45) is 5.92 Å². The number of hydrogen-bond donors (Lipinski definition) is 2. The van der Waals surface area contributed by atoms with Gasteiger partial charge in [-0.1, -0.05) is 12.1 Å². The normalized spacial score (nSPS) is 13.7. The van der Waals surface area contributed by atoms with Gasteiger partial charge in [0.05, 0.1) is 6.61 Å². The summed E-state index contributed by atoms with van der Waals surface area (Å²) in [7, 11) is 0. The molecule has 5 heteroatoms. The van der Waals surface area contributed by atoms with Gasteiger partial charge in [0.2, 0.25) is 0 Å². The van der Waals surface area contributed by atoms with Crippen molar-refractivity contribution in [2.75, 3.05) is 44.3 Å². The summed E-state index contributed by atoms with van der Waals surface area (Å²) in [5, 5.41) is 5.72. The summed E-state index contributed by atoms with van der Waals surface area (Å²) in [6.07, 6.45) is 2.59. The van der Waals surface area contributed by atoms with Crippen molar-refractivity contribution in [3.8, 4) is 0 Å². The number of aryl methyl sites for hydroxylation is 1. The quantitative estimate of drug-likeness (QED) is 0.652. The Balaban J connectivity index is 1.57. The number of carbonyl (C=O) groups excluding carboxylic acids is 1. The number of carbonyl (C=O) groups is 1. The summed E-state index contributed by atoms with van der Waals surface area (Å²) < 4.78 is 5.49. The van der Waals surface area contributed by atoms with Gasteiger partial charge in [-0.15, -0.1) is 0 Å². The van der Waals surface area contributed by atoms with Crippen LogP contribution in [0.15, 0.2) is 24.3 Å². The largest absolute Gasteiger partial charge is 0.379 e. The highest BCUT2D eigenvalue weighted by atomic mass is 16.5. The van der Waals surface area contributed by atoms with E-state index in [1.54, 1.807) is 0 Å². The van der Waals surface area contributed by atoms with Crippen molar-refractivity contribution >= 4 is 11.7 Å². The average Bonchev–Trinajstić information content (AvgIpc) is 3.35. The Labute approximate surface area is 139 Å². The molecule has 1 aliphatic carbocycles. The van der Waals surface area contributed by atoms with Crippen LogP contribution < -0.4 is 15.5 Å².